The first-order chi connectivity index (χ1) is 7.84. The molecule has 3 N–H and O–H groups in total. The highest BCUT2D eigenvalue weighted by molar-refractivity contribution is 5.79. The van der Waals surface area contributed by atoms with Crippen molar-refractivity contribution in [2.75, 3.05) is 6.54 Å². The van der Waals surface area contributed by atoms with Crippen molar-refractivity contribution >= 4 is 5.91 Å². The van der Waals surface area contributed by atoms with Crippen LogP contribution in [0.4, 0.5) is 0 Å². The second kappa shape index (κ2) is 5.85. The van der Waals surface area contributed by atoms with Crippen LogP contribution in [0.25, 0.3) is 0 Å². The molecule has 1 rings (SSSR count). The number of rotatable bonds is 3. The molecule has 1 aliphatic carbocycles. The summed E-state index contributed by atoms with van der Waals surface area (Å²) in [6.45, 7) is 9.37. The van der Waals surface area contributed by atoms with Crippen molar-refractivity contribution in [2.24, 2.45) is 23.0 Å². The molecular formula is C14H28N2O. The highest BCUT2D eigenvalue weighted by atomic mass is 16.1. The Balaban J connectivity index is 2.39. The van der Waals surface area contributed by atoms with E-state index >= 15 is 0 Å². The second-order valence-corrected chi connectivity index (χ2v) is 6.56. The van der Waals surface area contributed by atoms with Gasteiger partial charge in [0.05, 0.1) is 0 Å². The maximum absolute atomic E-state index is 12.0. The van der Waals surface area contributed by atoms with E-state index in [9.17, 15) is 4.79 Å². The number of nitrogens with one attached hydrogen (secondary N) is 1. The van der Waals surface area contributed by atoms with Crippen LogP contribution in [0.1, 0.15) is 53.4 Å². The minimum absolute atomic E-state index is 0.0999. The average molecular weight is 240 g/mol. The maximum Gasteiger partial charge on any atom is 0.223 e. The van der Waals surface area contributed by atoms with E-state index in [1.54, 1.807) is 0 Å². The molecule has 100 valence electrons. The first kappa shape index (κ1) is 14.5. The molecule has 1 fully saturated rings. The van der Waals surface area contributed by atoms with Crippen molar-refractivity contribution in [3.8, 4) is 0 Å². The lowest BCUT2D eigenvalue weighted by molar-refractivity contribution is -0.127. The summed E-state index contributed by atoms with van der Waals surface area (Å²) in [5, 5.41) is 2.99. The highest BCUT2D eigenvalue weighted by Gasteiger charge is 2.32. The number of carbonyl (C=O) groups is 1. The number of carbonyl (C=O) groups excluding carboxylic acids is 1. The van der Waals surface area contributed by atoms with Gasteiger partial charge in [0.2, 0.25) is 5.91 Å². The molecule has 0 spiro atoms. The Morgan fingerprint density at radius 1 is 1.29 bits per heavy atom. The molecule has 0 aromatic heterocycles. The van der Waals surface area contributed by atoms with Gasteiger partial charge in [0.15, 0.2) is 0 Å². The predicted molar refractivity (Wildman–Crippen MR) is 71.6 cm³/mol. The third-order valence-electron chi connectivity index (χ3n) is 4.06. The number of hydrogen-bond donors (Lipinski definition) is 2. The summed E-state index contributed by atoms with van der Waals surface area (Å²) < 4.78 is 0. The molecule has 0 saturated heterocycles. The van der Waals surface area contributed by atoms with Crippen molar-refractivity contribution in [3.63, 3.8) is 0 Å². The standard InChI is InChI=1S/C14H28N2O/c1-10(9-15)16-13(17)11-5-7-12(8-6-11)14(2,3)4/h10-12H,5-9,15H2,1-4H3,(H,16,17). The first-order valence-electron chi connectivity index (χ1n) is 6.85. The molecule has 3 nitrogen and oxygen atoms in total. The fraction of sp³-hybridized carbons (Fsp3) is 0.929. The lowest BCUT2D eigenvalue weighted by Gasteiger charge is -2.36. The van der Waals surface area contributed by atoms with Crippen LogP contribution in [0.15, 0.2) is 0 Å². The summed E-state index contributed by atoms with van der Waals surface area (Å²) in [6.07, 6.45) is 4.42. The van der Waals surface area contributed by atoms with Crippen LogP contribution in [0.3, 0.4) is 0 Å². The third-order valence-corrected chi connectivity index (χ3v) is 4.06. The molecule has 0 aliphatic heterocycles. The van der Waals surface area contributed by atoms with E-state index in [2.05, 4.69) is 26.1 Å². The Hall–Kier alpha value is -0.570. The van der Waals surface area contributed by atoms with E-state index in [4.69, 9.17) is 5.73 Å². The number of amides is 1. The van der Waals surface area contributed by atoms with Gasteiger partial charge in [0, 0.05) is 18.5 Å². The zero-order valence-corrected chi connectivity index (χ0v) is 11.8. The molecule has 3 heteroatoms. The lowest BCUT2D eigenvalue weighted by Crippen LogP contribution is -2.42. The zero-order valence-electron chi connectivity index (χ0n) is 11.8. The zero-order chi connectivity index (χ0) is 13.1. The fourth-order valence-corrected chi connectivity index (χ4v) is 2.64. The van der Waals surface area contributed by atoms with Crippen LogP contribution < -0.4 is 11.1 Å². The van der Waals surface area contributed by atoms with Gasteiger partial charge in [-0.15, -0.1) is 0 Å². The van der Waals surface area contributed by atoms with Gasteiger partial charge in [-0.3, -0.25) is 4.79 Å². The molecule has 1 saturated carbocycles. The first-order valence-corrected chi connectivity index (χ1v) is 6.85. The van der Waals surface area contributed by atoms with Crippen molar-refractivity contribution in [1.29, 1.82) is 0 Å². The molecule has 1 amide bonds. The molecule has 0 aromatic rings. The fourth-order valence-electron chi connectivity index (χ4n) is 2.64. The third kappa shape index (κ3) is 4.30. The van der Waals surface area contributed by atoms with Crippen LogP contribution in [0.5, 0.6) is 0 Å². The molecule has 1 aliphatic rings. The van der Waals surface area contributed by atoms with Crippen LogP contribution in [-0.4, -0.2) is 18.5 Å². The molecule has 0 heterocycles. The molecule has 0 aromatic carbocycles. The van der Waals surface area contributed by atoms with Gasteiger partial charge in [0.25, 0.3) is 0 Å². The maximum atomic E-state index is 12.0. The van der Waals surface area contributed by atoms with Gasteiger partial charge in [-0.05, 0) is 43.9 Å². The summed E-state index contributed by atoms with van der Waals surface area (Å²) in [4.78, 5) is 12.0. The van der Waals surface area contributed by atoms with Crippen molar-refractivity contribution in [1.82, 2.24) is 5.32 Å². The average Bonchev–Trinajstić information content (AvgIpc) is 2.27. The second-order valence-electron chi connectivity index (χ2n) is 6.56. The number of hydrogen-bond acceptors (Lipinski definition) is 2. The quantitative estimate of drug-likeness (QED) is 0.795. The van der Waals surface area contributed by atoms with E-state index in [0.29, 0.717) is 12.0 Å². The van der Waals surface area contributed by atoms with E-state index < -0.39 is 0 Å². The minimum atomic E-state index is 0.0999. The normalized spacial score (nSPS) is 27.6. The van der Waals surface area contributed by atoms with Gasteiger partial charge >= 0.3 is 0 Å². The SMILES string of the molecule is CC(CN)NC(=O)C1CCC(C(C)(C)C)CC1. The summed E-state index contributed by atoms with van der Waals surface area (Å²) in [7, 11) is 0. The Morgan fingerprint density at radius 2 is 1.82 bits per heavy atom. The predicted octanol–water partition coefficient (Wildman–Crippen LogP) is 2.30. The van der Waals surface area contributed by atoms with Gasteiger partial charge in [0.1, 0.15) is 0 Å². The highest BCUT2D eigenvalue weighted by Crippen LogP contribution is 2.39. The summed E-state index contributed by atoms with van der Waals surface area (Å²) in [6, 6.07) is 0.0999. The molecular weight excluding hydrogens is 212 g/mol. The van der Waals surface area contributed by atoms with Gasteiger partial charge in [-0.2, -0.15) is 0 Å². The number of nitrogens with two attached hydrogens (primary N) is 1. The van der Waals surface area contributed by atoms with Crippen LogP contribution in [0.2, 0.25) is 0 Å². The Kier molecular flexibility index (Phi) is 4.99. The lowest BCUT2D eigenvalue weighted by atomic mass is 9.69. The molecule has 0 radical (unpaired) electrons. The summed E-state index contributed by atoms with van der Waals surface area (Å²) in [5.74, 6) is 1.18. The van der Waals surface area contributed by atoms with Crippen LogP contribution in [0, 0.1) is 17.3 Å². The topological polar surface area (TPSA) is 55.1 Å². The van der Waals surface area contributed by atoms with Gasteiger partial charge in [-0.1, -0.05) is 20.8 Å². The molecule has 17 heavy (non-hydrogen) atoms. The Bertz CT molecular complexity index is 249. The van der Waals surface area contributed by atoms with E-state index in [1.165, 1.54) is 12.8 Å². The van der Waals surface area contributed by atoms with E-state index in [1.807, 2.05) is 6.92 Å². The Morgan fingerprint density at radius 3 is 2.24 bits per heavy atom. The van der Waals surface area contributed by atoms with Crippen molar-refractivity contribution in [2.45, 2.75) is 59.4 Å². The largest absolute Gasteiger partial charge is 0.352 e. The summed E-state index contributed by atoms with van der Waals surface area (Å²) in [5.41, 5.74) is 5.90. The van der Waals surface area contributed by atoms with Gasteiger partial charge in [-0.25, -0.2) is 0 Å². The molecule has 1 atom stereocenters. The van der Waals surface area contributed by atoms with Crippen molar-refractivity contribution < 1.29 is 4.79 Å². The van der Waals surface area contributed by atoms with Crippen LogP contribution in [-0.2, 0) is 4.79 Å². The monoisotopic (exact) mass is 240 g/mol. The smallest absolute Gasteiger partial charge is 0.223 e. The van der Waals surface area contributed by atoms with Crippen molar-refractivity contribution in [3.05, 3.63) is 0 Å². The summed E-state index contributed by atoms with van der Waals surface area (Å²) >= 11 is 0. The van der Waals surface area contributed by atoms with Crippen LogP contribution >= 0.6 is 0 Å². The van der Waals surface area contributed by atoms with E-state index in [-0.39, 0.29) is 17.9 Å². The van der Waals surface area contributed by atoms with E-state index in [0.717, 1.165) is 18.8 Å². The molecule has 0 bridgehead atoms. The Labute approximate surface area is 106 Å². The van der Waals surface area contributed by atoms with Gasteiger partial charge < -0.3 is 11.1 Å². The molecule has 1 unspecified atom stereocenters. The minimum Gasteiger partial charge on any atom is -0.352 e.